The molecule has 19 heavy (non-hydrogen) atoms. The second-order valence-electron chi connectivity index (χ2n) is 2.26. The maximum Gasteiger partial charge on any atom is 0.320 e. The quantitative estimate of drug-likeness (QED) is 0.258. The first-order valence-electron chi connectivity index (χ1n) is 4.17. The van der Waals surface area contributed by atoms with Gasteiger partial charge in [0, 0.05) is 6.42 Å². The number of amides is 1. The van der Waals surface area contributed by atoms with Crippen LogP contribution in [0.3, 0.4) is 0 Å². The number of carboxylic acids is 1. The molecule has 0 aliphatic heterocycles. The molecule has 0 radical (unpaired) electrons. The van der Waals surface area contributed by atoms with Gasteiger partial charge in [0.1, 0.15) is 6.04 Å². The molecule has 8 N–H and O–H groups in total. The van der Waals surface area contributed by atoms with Crippen LogP contribution in [0.25, 0.3) is 0 Å². The van der Waals surface area contributed by atoms with Crippen molar-refractivity contribution in [2.24, 2.45) is 11.5 Å². The predicted octanol–water partition coefficient (Wildman–Crippen LogP) is -1.63. The summed E-state index contributed by atoms with van der Waals surface area (Å²) in [7, 11) is 0. The highest BCUT2D eigenvalue weighted by Crippen LogP contribution is 1.92. The predicted molar refractivity (Wildman–Crippen MR) is 59.3 cm³/mol. The first-order chi connectivity index (χ1) is 8.78. The van der Waals surface area contributed by atoms with E-state index in [4.69, 9.17) is 47.2 Å². The molecule has 0 heterocycles. The summed E-state index contributed by atoms with van der Waals surface area (Å²) in [5.74, 6) is -1.64. The lowest BCUT2D eigenvalue weighted by atomic mass is 10.2. The molecule has 0 fully saturated rings. The average molecular weight is 275 g/mol. The van der Waals surface area contributed by atoms with Crippen molar-refractivity contribution in [2.45, 2.75) is 18.9 Å². The zero-order valence-corrected chi connectivity index (χ0v) is 9.63. The molecule has 1 atom stereocenters. The molecule has 11 nitrogen and oxygen atoms in total. The molecule has 0 spiro atoms. The Kier molecular flexibility index (Phi) is 32.0. The largest absolute Gasteiger partial charge is 0.480 e. The Morgan fingerprint density at radius 1 is 1.05 bits per heavy atom. The standard InChI is InChI=1S/C5H10N2O3.3CHNO/c6-3(5(9)10)1-2-4(7)8;3*2-1-3/h3H,1-2,6H2,(H2,7,8)(H,9,10);3*2H. The fraction of sp³-hybridized carbons (Fsp3) is 0.375. The minimum atomic E-state index is -1.11. The summed E-state index contributed by atoms with van der Waals surface area (Å²) in [6.07, 6.45) is 2.37. The molecule has 0 bridgehead atoms. The third-order valence-electron chi connectivity index (χ3n) is 1.02. The number of rotatable bonds is 4. The molecule has 0 aliphatic carbocycles. The monoisotopic (exact) mass is 275 g/mol. The number of nitrogens with two attached hydrogens (primary N) is 2. The van der Waals surface area contributed by atoms with Crippen molar-refractivity contribution in [1.82, 2.24) is 0 Å². The zero-order chi connectivity index (χ0) is 16.3. The van der Waals surface area contributed by atoms with Crippen molar-refractivity contribution in [3.63, 3.8) is 0 Å². The number of carboxylic acid groups (broad SMARTS) is 1. The summed E-state index contributed by atoms with van der Waals surface area (Å²) in [5.41, 5.74) is 9.81. The van der Waals surface area contributed by atoms with E-state index < -0.39 is 17.9 Å². The summed E-state index contributed by atoms with van der Waals surface area (Å²) in [6.45, 7) is 0. The van der Waals surface area contributed by atoms with Crippen LogP contribution < -0.4 is 11.5 Å². The maximum atomic E-state index is 10.1. The van der Waals surface area contributed by atoms with Crippen molar-refractivity contribution < 1.29 is 29.1 Å². The van der Waals surface area contributed by atoms with Crippen LogP contribution >= 0.6 is 0 Å². The molecule has 0 aromatic heterocycles. The van der Waals surface area contributed by atoms with Gasteiger partial charge in [-0.3, -0.25) is 9.59 Å². The molecule has 0 aromatic carbocycles. The first kappa shape index (κ1) is 25.0. The third kappa shape index (κ3) is 70.1. The highest BCUT2D eigenvalue weighted by molar-refractivity contribution is 5.76. The molecule has 0 rings (SSSR count). The summed E-state index contributed by atoms with van der Waals surface area (Å²) in [4.78, 5) is 45.2. The van der Waals surface area contributed by atoms with Crippen molar-refractivity contribution in [2.75, 3.05) is 0 Å². The highest BCUT2D eigenvalue weighted by Gasteiger charge is 2.11. The highest BCUT2D eigenvalue weighted by atomic mass is 16.4. The van der Waals surface area contributed by atoms with Crippen molar-refractivity contribution in [3.8, 4) is 0 Å². The van der Waals surface area contributed by atoms with Crippen LogP contribution in [0, 0.1) is 16.2 Å². The lowest BCUT2D eigenvalue weighted by Gasteiger charge is -2.01. The Hall–Kier alpha value is -2.96. The van der Waals surface area contributed by atoms with Crippen LogP contribution in [0.5, 0.6) is 0 Å². The normalized spacial score (nSPS) is 7.84. The van der Waals surface area contributed by atoms with Gasteiger partial charge in [-0.25, -0.2) is 30.6 Å². The van der Waals surface area contributed by atoms with Crippen molar-refractivity contribution in [3.05, 3.63) is 0 Å². The topological polar surface area (TPSA) is 229 Å². The molecule has 106 valence electrons. The van der Waals surface area contributed by atoms with Crippen LogP contribution in [-0.4, -0.2) is 41.3 Å². The van der Waals surface area contributed by atoms with Crippen LogP contribution in [0.4, 0.5) is 0 Å². The van der Waals surface area contributed by atoms with Crippen LogP contribution in [0.1, 0.15) is 12.8 Å². The number of carbonyl (C=O) groups is 2. The lowest BCUT2D eigenvalue weighted by Crippen LogP contribution is -2.31. The second-order valence-corrected chi connectivity index (χ2v) is 2.26. The van der Waals surface area contributed by atoms with Crippen molar-refractivity contribution >= 4 is 30.1 Å². The van der Waals surface area contributed by atoms with Gasteiger partial charge in [-0.2, -0.15) is 0 Å². The van der Waals surface area contributed by atoms with Gasteiger partial charge >= 0.3 is 5.97 Å². The molecule has 0 saturated carbocycles. The average Bonchev–Trinajstić information content (AvgIpc) is 2.28. The van der Waals surface area contributed by atoms with E-state index in [2.05, 4.69) is 0 Å². The van der Waals surface area contributed by atoms with E-state index in [-0.39, 0.29) is 12.8 Å². The minimum Gasteiger partial charge on any atom is -0.480 e. The Bertz CT molecular complexity index is 322. The fourth-order valence-corrected chi connectivity index (χ4v) is 0.421. The summed E-state index contributed by atoms with van der Waals surface area (Å²) in [6, 6.07) is -0.979. The van der Waals surface area contributed by atoms with E-state index in [9.17, 15) is 9.59 Å². The van der Waals surface area contributed by atoms with Gasteiger partial charge in [-0.05, 0) is 6.42 Å². The van der Waals surface area contributed by atoms with Gasteiger partial charge in [-0.15, -0.1) is 0 Å². The molecule has 0 saturated heterocycles. The van der Waals surface area contributed by atoms with Gasteiger partial charge in [0.15, 0.2) is 0 Å². The molecule has 0 aliphatic rings. The molecule has 11 heteroatoms. The molecular formula is C8H13N5O6. The number of carbonyl (C=O) groups excluding carboxylic acids is 4. The summed E-state index contributed by atoms with van der Waals surface area (Å²) >= 11 is 0. The number of hydrogen-bond acceptors (Lipinski definition) is 9. The van der Waals surface area contributed by atoms with Crippen LogP contribution in [-0.2, 0) is 24.0 Å². The molecule has 1 amide bonds. The number of hydrogen-bond donors (Lipinski definition) is 6. The van der Waals surface area contributed by atoms with Gasteiger partial charge in [0.25, 0.3) is 0 Å². The number of nitrogens with one attached hydrogen (secondary N) is 3. The van der Waals surface area contributed by atoms with E-state index in [0.29, 0.717) is 0 Å². The Balaban J connectivity index is -0.000000103. The number of isocyanates is 3. The van der Waals surface area contributed by atoms with Gasteiger partial charge in [0.05, 0.1) is 0 Å². The SMILES string of the molecule is N=C=O.N=C=O.N=C=O.NC(=O)CCC(N)C(=O)O. The molecular weight excluding hydrogens is 262 g/mol. The third-order valence-corrected chi connectivity index (χ3v) is 1.02. The maximum absolute atomic E-state index is 10.1. The first-order valence-corrected chi connectivity index (χ1v) is 4.17. The van der Waals surface area contributed by atoms with Crippen LogP contribution in [0.2, 0.25) is 0 Å². The number of aliphatic carboxylic acids is 1. The summed E-state index contributed by atoms with van der Waals surface area (Å²) < 4.78 is 0. The van der Waals surface area contributed by atoms with Crippen LogP contribution in [0.15, 0.2) is 0 Å². The van der Waals surface area contributed by atoms with Gasteiger partial charge < -0.3 is 16.6 Å². The van der Waals surface area contributed by atoms with E-state index in [0.717, 1.165) is 18.2 Å². The zero-order valence-electron chi connectivity index (χ0n) is 9.63. The number of primary amides is 1. The minimum absolute atomic E-state index is 0.0213. The van der Waals surface area contributed by atoms with E-state index in [1.807, 2.05) is 0 Å². The Morgan fingerprint density at radius 3 is 1.47 bits per heavy atom. The Morgan fingerprint density at radius 2 is 1.32 bits per heavy atom. The Labute approximate surface area is 107 Å². The van der Waals surface area contributed by atoms with Crippen molar-refractivity contribution in [1.29, 1.82) is 16.2 Å². The fourth-order valence-electron chi connectivity index (χ4n) is 0.421. The second kappa shape index (κ2) is 24.3. The van der Waals surface area contributed by atoms with E-state index >= 15 is 0 Å². The lowest BCUT2D eigenvalue weighted by molar-refractivity contribution is -0.138. The molecule has 0 aromatic rings. The van der Waals surface area contributed by atoms with E-state index in [1.165, 1.54) is 0 Å². The van der Waals surface area contributed by atoms with Gasteiger partial charge in [-0.1, -0.05) is 0 Å². The van der Waals surface area contributed by atoms with E-state index in [1.54, 1.807) is 0 Å². The van der Waals surface area contributed by atoms with Gasteiger partial charge in [0.2, 0.25) is 24.1 Å². The smallest absolute Gasteiger partial charge is 0.320 e. The summed E-state index contributed by atoms with van der Waals surface area (Å²) in [5, 5.41) is 24.4. The molecule has 1 unspecified atom stereocenters.